The lowest BCUT2D eigenvalue weighted by Crippen LogP contribution is -2.30. The van der Waals surface area contributed by atoms with E-state index in [0.717, 1.165) is 0 Å². The number of H-pyrrole nitrogens is 2. The van der Waals surface area contributed by atoms with Gasteiger partial charge in [-0.05, 0) is 24.3 Å². The van der Waals surface area contributed by atoms with Crippen LogP contribution in [0.3, 0.4) is 0 Å². The summed E-state index contributed by atoms with van der Waals surface area (Å²) in [4.78, 5) is 24.7. The second-order valence-corrected chi connectivity index (χ2v) is 3.76. The zero-order chi connectivity index (χ0) is 13.7. The van der Waals surface area contributed by atoms with Crippen LogP contribution in [0.15, 0.2) is 29.1 Å². The average Bonchev–Trinajstić information content (AvgIpc) is 2.78. The van der Waals surface area contributed by atoms with Gasteiger partial charge < -0.3 is 10.6 Å². The molecule has 0 radical (unpaired) electrons. The number of anilines is 1. The molecule has 0 atom stereocenters. The Balaban J connectivity index is 1.75. The van der Waals surface area contributed by atoms with Gasteiger partial charge in [-0.15, -0.1) is 0 Å². The summed E-state index contributed by atoms with van der Waals surface area (Å²) in [6.45, 7) is 0.313. The first-order valence-corrected chi connectivity index (χ1v) is 5.57. The number of carbonyl (C=O) groups excluding carboxylic acids is 1. The molecule has 1 aromatic carbocycles. The molecule has 0 saturated carbocycles. The summed E-state index contributed by atoms with van der Waals surface area (Å²) < 4.78 is 12.6. The quantitative estimate of drug-likeness (QED) is 0.651. The lowest BCUT2D eigenvalue weighted by Gasteiger charge is -2.06. The summed E-state index contributed by atoms with van der Waals surface area (Å²) in [5.41, 5.74) is 0.109. The predicted molar refractivity (Wildman–Crippen MR) is 66.3 cm³/mol. The smallest absolute Gasteiger partial charge is 0.337 e. The summed E-state index contributed by atoms with van der Waals surface area (Å²) >= 11 is 0. The van der Waals surface area contributed by atoms with Crippen LogP contribution >= 0.6 is 0 Å². The third kappa shape index (κ3) is 3.95. The molecule has 0 saturated heterocycles. The molecule has 0 fully saturated rings. The average molecular weight is 265 g/mol. The molecule has 2 rings (SSSR count). The van der Waals surface area contributed by atoms with Gasteiger partial charge in [0.15, 0.2) is 0 Å². The van der Waals surface area contributed by atoms with Crippen molar-refractivity contribution >= 4 is 11.7 Å². The molecular weight excluding hydrogens is 253 g/mol. The van der Waals surface area contributed by atoms with Crippen molar-refractivity contribution in [3.8, 4) is 0 Å². The van der Waals surface area contributed by atoms with Crippen LogP contribution in [0.4, 0.5) is 14.9 Å². The van der Waals surface area contributed by atoms with Gasteiger partial charge in [0.05, 0.1) is 0 Å². The van der Waals surface area contributed by atoms with E-state index >= 15 is 0 Å². The Bertz CT molecular complexity index is 604. The highest BCUT2D eigenvalue weighted by molar-refractivity contribution is 5.89. The van der Waals surface area contributed by atoms with Gasteiger partial charge in [0.2, 0.25) is 0 Å². The molecule has 4 N–H and O–H groups in total. The molecule has 2 amide bonds. The number of aromatic nitrogens is 3. The molecule has 1 aromatic heterocycles. The summed E-state index contributed by atoms with van der Waals surface area (Å²) in [5.74, 6) is 0.0977. The number of benzene rings is 1. The van der Waals surface area contributed by atoms with Gasteiger partial charge in [-0.25, -0.2) is 19.1 Å². The van der Waals surface area contributed by atoms with Gasteiger partial charge in [0, 0.05) is 18.7 Å². The van der Waals surface area contributed by atoms with Crippen LogP contribution in [0.2, 0.25) is 0 Å². The molecule has 2 aromatic rings. The second-order valence-electron chi connectivity index (χ2n) is 3.76. The van der Waals surface area contributed by atoms with E-state index in [1.807, 2.05) is 0 Å². The van der Waals surface area contributed by atoms with Crippen LogP contribution in [0, 0.1) is 5.82 Å². The molecule has 0 aliphatic heterocycles. The molecule has 0 aliphatic carbocycles. The van der Waals surface area contributed by atoms with Crippen molar-refractivity contribution in [3.63, 3.8) is 0 Å². The minimum absolute atomic E-state index is 0.313. The van der Waals surface area contributed by atoms with Gasteiger partial charge in [0.1, 0.15) is 11.6 Å². The van der Waals surface area contributed by atoms with Gasteiger partial charge in [-0.1, -0.05) is 0 Å². The largest absolute Gasteiger partial charge is 0.340 e. The number of hydrogen-bond acceptors (Lipinski definition) is 3. The predicted octanol–water partition coefficient (Wildman–Crippen LogP) is 0.601. The Hall–Kier alpha value is -2.64. The Labute approximate surface area is 107 Å². The number of rotatable bonds is 4. The third-order valence-corrected chi connectivity index (χ3v) is 2.30. The zero-order valence-electron chi connectivity index (χ0n) is 9.87. The Morgan fingerprint density at radius 1 is 1.32 bits per heavy atom. The van der Waals surface area contributed by atoms with Crippen molar-refractivity contribution in [2.45, 2.75) is 6.42 Å². The minimum Gasteiger partial charge on any atom is -0.337 e. The van der Waals surface area contributed by atoms with Gasteiger partial charge in [0.25, 0.3) is 0 Å². The lowest BCUT2D eigenvalue weighted by molar-refractivity contribution is 0.252. The lowest BCUT2D eigenvalue weighted by atomic mass is 10.3. The Morgan fingerprint density at radius 3 is 2.68 bits per heavy atom. The highest BCUT2D eigenvalue weighted by Gasteiger charge is 2.03. The van der Waals surface area contributed by atoms with Gasteiger partial charge in [-0.3, -0.25) is 4.98 Å². The summed E-state index contributed by atoms with van der Waals surface area (Å²) in [6, 6.07) is 5.01. The summed E-state index contributed by atoms with van der Waals surface area (Å²) in [6.07, 6.45) is 0.398. The number of hydrogen-bond donors (Lipinski definition) is 4. The SMILES string of the molecule is O=C(NCCc1n[nH]c(=O)[nH]1)Nc1ccc(F)cc1. The zero-order valence-corrected chi connectivity index (χ0v) is 9.87. The summed E-state index contributed by atoms with van der Waals surface area (Å²) in [5, 5.41) is 11.1. The molecule has 7 nitrogen and oxygen atoms in total. The number of nitrogens with one attached hydrogen (secondary N) is 4. The van der Waals surface area contributed by atoms with E-state index in [9.17, 15) is 14.0 Å². The molecule has 1 heterocycles. The van der Waals surface area contributed by atoms with E-state index in [0.29, 0.717) is 24.5 Å². The third-order valence-electron chi connectivity index (χ3n) is 2.30. The minimum atomic E-state index is -0.413. The molecule has 0 aliphatic rings. The Kier molecular flexibility index (Phi) is 3.91. The molecule has 19 heavy (non-hydrogen) atoms. The van der Waals surface area contributed by atoms with E-state index in [4.69, 9.17) is 0 Å². The van der Waals surface area contributed by atoms with Crippen LogP contribution in [-0.2, 0) is 6.42 Å². The molecule has 100 valence electrons. The monoisotopic (exact) mass is 265 g/mol. The van der Waals surface area contributed by atoms with Gasteiger partial charge >= 0.3 is 11.7 Å². The van der Waals surface area contributed by atoms with Crippen molar-refractivity contribution in [2.24, 2.45) is 0 Å². The van der Waals surface area contributed by atoms with E-state index < -0.39 is 6.03 Å². The number of amides is 2. The van der Waals surface area contributed by atoms with E-state index in [2.05, 4.69) is 25.8 Å². The molecule has 0 bridgehead atoms. The standard InChI is InChI=1S/C11H12FN5O2/c12-7-1-3-8(4-2-7)14-10(18)13-6-5-9-15-11(19)17-16-9/h1-4H,5-6H2,(H2,13,14,18)(H2,15,16,17,19). The number of urea groups is 1. The fourth-order valence-electron chi connectivity index (χ4n) is 1.43. The maximum atomic E-state index is 12.6. The molecular formula is C11H12FN5O2. The fourth-order valence-corrected chi connectivity index (χ4v) is 1.43. The topological polar surface area (TPSA) is 103 Å². The number of halogens is 1. The maximum absolute atomic E-state index is 12.6. The maximum Gasteiger partial charge on any atom is 0.340 e. The van der Waals surface area contributed by atoms with Crippen molar-refractivity contribution in [1.29, 1.82) is 0 Å². The summed E-state index contributed by atoms with van der Waals surface area (Å²) in [7, 11) is 0. The second kappa shape index (κ2) is 5.80. The van der Waals surface area contributed by atoms with E-state index in [-0.39, 0.29) is 11.5 Å². The molecule has 0 spiro atoms. The highest BCUT2D eigenvalue weighted by atomic mass is 19.1. The van der Waals surface area contributed by atoms with E-state index in [1.165, 1.54) is 24.3 Å². The van der Waals surface area contributed by atoms with Crippen LogP contribution in [0.25, 0.3) is 0 Å². The highest BCUT2D eigenvalue weighted by Crippen LogP contribution is 2.07. The van der Waals surface area contributed by atoms with Crippen LogP contribution in [-0.4, -0.2) is 27.8 Å². The Morgan fingerprint density at radius 2 is 2.05 bits per heavy atom. The molecule has 8 heteroatoms. The fraction of sp³-hybridized carbons (Fsp3) is 0.182. The van der Waals surface area contributed by atoms with Crippen molar-refractivity contribution in [3.05, 3.63) is 46.4 Å². The first-order valence-electron chi connectivity index (χ1n) is 5.57. The number of nitrogens with zero attached hydrogens (tertiary/aromatic N) is 1. The first kappa shape index (κ1) is 12.8. The number of carbonyl (C=O) groups is 1. The van der Waals surface area contributed by atoms with Gasteiger partial charge in [-0.2, -0.15) is 5.10 Å². The number of aromatic amines is 2. The molecule has 0 unspecified atom stereocenters. The van der Waals surface area contributed by atoms with Crippen LogP contribution in [0.1, 0.15) is 5.82 Å². The van der Waals surface area contributed by atoms with Crippen molar-refractivity contribution < 1.29 is 9.18 Å². The van der Waals surface area contributed by atoms with E-state index in [1.54, 1.807) is 0 Å². The normalized spacial score (nSPS) is 10.2. The van der Waals surface area contributed by atoms with Crippen molar-refractivity contribution in [2.75, 3.05) is 11.9 Å². The first-order chi connectivity index (χ1) is 9.13. The van der Waals surface area contributed by atoms with Crippen LogP contribution < -0.4 is 16.3 Å². The van der Waals surface area contributed by atoms with Crippen LogP contribution in [0.5, 0.6) is 0 Å². The van der Waals surface area contributed by atoms with Crippen molar-refractivity contribution in [1.82, 2.24) is 20.5 Å².